The molecule has 2 heteroatoms. The van der Waals surface area contributed by atoms with Crippen LogP contribution in [0.3, 0.4) is 0 Å². The molecule has 0 fully saturated rings. The van der Waals surface area contributed by atoms with E-state index >= 15 is 0 Å². The third-order valence-corrected chi connectivity index (χ3v) is 8.89. The molecule has 0 rings (SSSR count). The average molecular weight is 638 g/mol. The fraction of sp³-hybridized carbons (Fsp3) is 0.750. The summed E-state index contributed by atoms with van der Waals surface area (Å²) in [6.07, 6.45) is 56.3. The summed E-state index contributed by atoms with van der Waals surface area (Å²) in [6, 6.07) is 0. The van der Waals surface area contributed by atoms with Crippen molar-refractivity contribution < 1.29 is 4.79 Å². The Bertz CT molecular complexity index is 771. The Labute approximate surface area is 289 Å². The number of carbonyl (C=O) groups is 1. The number of ketones is 1. The van der Waals surface area contributed by atoms with Gasteiger partial charge < -0.3 is 4.90 Å². The molecule has 0 aromatic carbocycles. The van der Waals surface area contributed by atoms with Gasteiger partial charge in [-0.3, -0.25) is 4.79 Å². The Morgan fingerprint density at radius 1 is 0.478 bits per heavy atom. The van der Waals surface area contributed by atoms with Crippen LogP contribution < -0.4 is 0 Å². The Balaban J connectivity index is 4.08. The minimum absolute atomic E-state index is 0.495. The summed E-state index contributed by atoms with van der Waals surface area (Å²) in [6.45, 7) is 5.54. The van der Waals surface area contributed by atoms with E-state index in [4.69, 9.17) is 0 Å². The van der Waals surface area contributed by atoms with Crippen molar-refractivity contribution in [3.63, 3.8) is 0 Å². The maximum atomic E-state index is 12.7. The summed E-state index contributed by atoms with van der Waals surface area (Å²) in [7, 11) is 4.19. The second-order valence-corrected chi connectivity index (χ2v) is 13.9. The normalized spacial score (nSPS) is 13.2. The Hall–Kier alpha value is -1.67. The van der Waals surface area contributed by atoms with Gasteiger partial charge in [0.1, 0.15) is 5.78 Å². The lowest BCUT2D eigenvalue weighted by molar-refractivity contribution is -0.120. The quantitative estimate of drug-likeness (QED) is 0.0509. The predicted octanol–water partition coefficient (Wildman–Crippen LogP) is 14.1. The van der Waals surface area contributed by atoms with Crippen molar-refractivity contribution in [2.75, 3.05) is 20.6 Å². The number of unbranched alkanes of at least 4 members (excludes halogenated alkanes) is 15. The van der Waals surface area contributed by atoms with Crippen molar-refractivity contribution in [1.29, 1.82) is 0 Å². The first-order chi connectivity index (χ1) is 22.6. The monoisotopic (exact) mass is 638 g/mol. The third kappa shape index (κ3) is 36.8. The molecule has 0 aliphatic carbocycles. The highest BCUT2D eigenvalue weighted by molar-refractivity contribution is 5.78. The summed E-state index contributed by atoms with van der Waals surface area (Å²) in [4.78, 5) is 14.9. The lowest BCUT2D eigenvalue weighted by Crippen LogP contribution is -2.15. The fourth-order valence-electron chi connectivity index (χ4n) is 5.95. The van der Waals surface area contributed by atoms with Crippen LogP contribution in [-0.2, 0) is 4.79 Å². The molecule has 0 aliphatic heterocycles. The number of hydrogen-bond acceptors (Lipinski definition) is 2. The second-order valence-electron chi connectivity index (χ2n) is 13.9. The minimum Gasteiger partial charge on any atom is -0.309 e. The highest BCUT2D eigenvalue weighted by Gasteiger charge is 2.14. The molecule has 0 aliphatic rings. The Kier molecular flexibility index (Phi) is 36.4. The number of rotatable bonds is 35. The molecule has 46 heavy (non-hydrogen) atoms. The number of nitrogens with zero attached hydrogens (tertiary/aromatic N) is 1. The van der Waals surface area contributed by atoms with Gasteiger partial charge >= 0.3 is 0 Å². The maximum Gasteiger partial charge on any atom is 0.133 e. The first-order valence-corrected chi connectivity index (χ1v) is 20.0. The molecule has 1 atom stereocenters. The zero-order valence-corrected chi connectivity index (χ0v) is 31.5. The van der Waals surface area contributed by atoms with E-state index in [0.29, 0.717) is 11.7 Å². The van der Waals surface area contributed by atoms with Crippen molar-refractivity contribution in [3.8, 4) is 0 Å². The average Bonchev–Trinajstić information content (AvgIpc) is 3.04. The van der Waals surface area contributed by atoms with Crippen LogP contribution in [0.1, 0.15) is 187 Å². The van der Waals surface area contributed by atoms with Crippen LogP contribution in [-0.4, -0.2) is 31.3 Å². The molecular weight excluding hydrogens is 558 g/mol. The molecule has 2 nitrogen and oxygen atoms in total. The molecule has 0 saturated carbocycles. The van der Waals surface area contributed by atoms with Gasteiger partial charge in [-0.15, -0.1) is 0 Å². The van der Waals surface area contributed by atoms with Crippen molar-refractivity contribution in [2.45, 2.75) is 187 Å². The molecular formula is C44H79NO. The van der Waals surface area contributed by atoms with Crippen LogP contribution in [0.4, 0.5) is 0 Å². The molecule has 0 heterocycles. The second kappa shape index (κ2) is 37.8. The number of carbonyl (C=O) groups excluding carboxylic acids is 1. The Morgan fingerprint density at radius 3 is 1.28 bits per heavy atom. The molecule has 0 N–H and O–H groups in total. The van der Waals surface area contributed by atoms with E-state index < -0.39 is 0 Å². The van der Waals surface area contributed by atoms with E-state index in [1.54, 1.807) is 0 Å². The lowest BCUT2D eigenvalue weighted by Gasteiger charge is -2.17. The Morgan fingerprint density at radius 2 is 0.848 bits per heavy atom. The highest BCUT2D eigenvalue weighted by atomic mass is 16.1. The first kappa shape index (κ1) is 44.3. The zero-order valence-electron chi connectivity index (χ0n) is 31.5. The smallest absolute Gasteiger partial charge is 0.133 e. The summed E-state index contributed by atoms with van der Waals surface area (Å²) in [5.41, 5.74) is 0. The van der Waals surface area contributed by atoms with Crippen molar-refractivity contribution in [3.05, 3.63) is 60.8 Å². The van der Waals surface area contributed by atoms with Crippen LogP contribution in [0.5, 0.6) is 0 Å². The summed E-state index contributed by atoms with van der Waals surface area (Å²) < 4.78 is 0. The molecule has 0 amide bonds. The van der Waals surface area contributed by atoms with Crippen molar-refractivity contribution >= 4 is 5.78 Å². The van der Waals surface area contributed by atoms with Gasteiger partial charge in [-0.05, 0) is 104 Å². The standard InChI is InChI=1S/C44H79NO/c1-5-7-9-11-13-15-17-19-21-23-25-27-29-31-33-35-38-43(42-44(46)40-37-41-45(3)4)39-36-34-32-30-28-26-24-22-20-18-16-14-12-10-8-6-2/h13-16,19-22,25,27,43H,5-12,17-18,23-24,26,28-42H2,1-4H3/b15-13-,16-14-,21-19-,22-20-,27-25-. The topological polar surface area (TPSA) is 20.3 Å². The van der Waals surface area contributed by atoms with E-state index in [1.165, 1.54) is 135 Å². The van der Waals surface area contributed by atoms with Crippen molar-refractivity contribution in [1.82, 2.24) is 4.90 Å². The molecule has 0 spiro atoms. The van der Waals surface area contributed by atoms with Gasteiger partial charge in [0.25, 0.3) is 0 Å². The molecule has 0 bridgehead atoms. The van der Waals surface area contributed by atoms with E-state index in [1.807, 2.05) is 0 Å². The van der Waals surface area contributed by atoms with Gasteiger partial charge in [0.15, 0.2) is 0 Å². The van der Waals surface area contributed by atoms with Crippen LogP contribution in [0.25, 0.3) is 0 Å². The zero-order chi connectivity index (χ0) is 33.6. The molecule has 266 valence electrons. The van der Waals surface area contributed by atoms with Gasteiger partial charge in [-0.25, -0.2) is 0 Å². The van der Waals surface area contributed by atoms with Crippen LogP contribution in [0.15, 0.2) is 60.8 Å². The predicted molar refractivity (Wildman–Crippen MR) is 209 cm³/mol. The third-order valence-electron chi connectivity index (χ3n) is 8.89. The summed E-state index contributed by atoms with van der Waals surface area (Å²) in [5.74, 6) is 1.09. The van der Waals surface area contributed by atoms with Gasteiger partial charge in [-0.2, -0.15) is 0 Å². The number of Topliss-reactive ketones (excluding diaryl/α,β-unsaturated/α-hetero) is 1. The van der Waals surface area contributed by atoms with Gasteiger partial charge in [-0.1, -0.05) is 158 Å². The highest BCUT2D eigenvalue weighted by Crippen LogP contribution is 2.23. The lowest BCUT2D eigenvalue weighted by atomic mass is 9.89. The SMILES string of the molecule is CCCCC/C=C\C/C=C\C/C=C\CCCCCC(CCCCCCCC/C=C\C/C=C\CCCCC)CC(=O)CCCN(C)C. The van der Waals surface area contributed by atoms with Gasteiger partial charge in [0.05, 0.1) is 0 Å². The molecule has 1 unspecified atom stereocenters. The number of allylic oxidation sites excluding steroid dienone is 10. The van der Waals surface area contributed by atoms with Crippen molar-refractivity contribution in [2.24, 2.45) is 5.92 Å². The maximum absolute atomic E-state index is 12.7. The van der Waals surface area contributed by atoms with E-state index in [2.05, 4.69) is 93.6 Å². The molecule has 0 saturated heterocycles. The molecule has 0 aromatic heterocycles. The van der Waals surface area contributed by atoms with Crippen LogP contribution in [0.2, 0.25) is 0 Å². The first-order valence-electron chi connectivity index (χ1n) is 20.0. The largest absolute Gasteiger partial charge is 0.309 e. The van der Waals surface area contributed by atoms with Crippen LogP contribution >= 0.6 is 0 Å². The summed E-state index contributed by atoms with van der Waals surface area (Å²) >= 11 is 0. The molecule has 0 radical (unpaired) electrons. The van der Waals surface area contributed by atoms with E-state index in [-0.39, 0.29) is 0 Å². The molecule has 0 aromatic rings. The summed E-state index contributed by atoms with van der Waals surface area (Å²) in [5, 5.41) is 0. The number of hydrogen-bond donors (Lipinski definition) is 0. The minimum atomic E-state index is 0.495. The van der Waals surface area contributed by atoms with Gasteiger partial charge in [0.2, 0.25) is 0 Å². The van der Waals surface area contributed by atoms with Gasteiger partial charge in [0, 0.05) is 12.8 Å². The van der Waals surface area contributed by atoms with E-state index in [9.17, 15) is 4.79 Å². The van der Waals surface area contributed by atoms with Crippen LogP contribution in [0, 0.1) is 5.92 Å². The van der Waals surface area contributed by atoms with E-state index in [0.717, 1.165) is 45.1 Å². The fourth-order valence-corrected chi connectivity index (χ4v) is 5.95.